The van der Waals surface area contributed by atoms with Crippen LogP contribution in [0.1, 0.15) is 18.9 Å². The lowest BCUT2D eigenvalue weighted by atomic mass is 10.2. The van der Waals surface area contributed by atoms with Crippen molar-refractivity contribution in [1.82, 2.24) is 4.90 Å². The molecule has 4 heteroatoms. The van der Waals surface area contributed by atoms with E-state index in [1.54, 1.807) is 12.1 Å². The highest BCUT2D eigenvalue weighted by Crippen LogP contribution is 2.20. The van der Waals surface area contributed by atoms with E-state index in [4.69, 9.17) is 16.7 Å². The molecular formula is C12H17ClFNO. The normalized spacial score (nSPS) is 11.1. The molecule has 0 radical (unpaired) electrons. The summed E-state index contributed by atoms with van der Waals surface area (Å²) in [5, 5.41) is 9.36. The number of aliphatic hydroxyl groups is 1. The fourth-order valence-corrected chi connectivity index (χ4v) is 1.86. The third kappa shape index (κ3) is 3.74. The third-order valence-corrected chi connectivity index (χ3v) is 2.75. The summed E-state index contributed by atoms with van der Waals surface area (Å²) in [6.45, 7) is 3.93. The highest BCUT2D eigenvalue weighted by Gasteiger charge is 2.11. The summed E-state index contributed by atoms with van der Waals surface area (Å²) >= 11 is 5.94. The summed E-state index contributed by atoms with van der Waals surface area (Å²) in [4.78, 5) is 1.99. The Bertz CT molecular complexity index is 307. The Labute approximate surface area is 101 Å². The van der Waals surface area contributed by atoms with E-state index in [2.05, 4.69) is 0 Å². The zero-order chi connectivity index (χ0) is 12.0. The van der Waals surface area contributed by atoms with Gasteiger partial charge in [0, 0.05) is 23.7 Å². The Morgan fingerprint density at radius 2 is 2.12 bits per heavy atom. The summed E-state index contributed by atoms with van der Waals surface area (Å²) in [7, 11) is 0. The average Bonchev–Trinajstić information content (AvgIpc) is 2.24. The molecule has 90 valence electrons. The van der Waals surface area contributed by atoms with Crippen molar-refractivity contribution in [1.29, 1.82) is 0 Å². The summed E-state index contributed by atoms with van der Waals surface area (Å²) in [5.74, 6) is -0.286. The first-order valence-electron chi connectivity index (χ1n) is 5.45. The molecule has 0 unspecified atom stereocenters. The highest BCUT2D eigenvalue weighted by molar-refractivity contribution is 6.31. The summed E-state index contributed by atoms with van der Waals surface area (Å²) in [6.07, 6.45) is 0.964. The van der Waals surface area contributed by atoms with Crippen molar-refractivity contribution in [2.75, 3.05) is 19.7 Å². The zero-order valence-corrected chi connectivity index (χ0v) is 10.2. The van der Waals surface area contributed by atoms with Gasteiger partial charge >= 0.3 is 0 Å². The number of nitrogens with zero attached hydrogens (tertiary/aromatic N) is 1. The Morgan fingerprint density at radius 3 is 2.69 bits per heavy atom. The molecule has 1 N–H and O–H groups in total. The molecule has 1 aromatic carbocycles. The minimum atomic E-state index is -0.286. The van der Waals surface area contributed by atoms with E-state index in [9.17, 15) is 4.39 Å². The topological polar surface area (TPSA) is 23.5 Å². The van der Waals surface area contributed by atoms with Gasteiger partial charge in [0.1, 0.15) is 5.82 Å². The van der Waals surface area contributed by atoms with Crippen molar-refractivity contribution in [2.24, 2.45) is 0 Å². The van der Waals surface area contributed by atoms with Gasteiger partial charge in [-0.2, -0.15) is 0 Å². The predicted molar refractivity (Wildman–Crippen MR) is 64.1 cm³/mol. The molecule has 0 atom stereocenters. The van der Waals surface area contributed by atoms with Crippen LogP contribution in [-0.2, 0) is 6.54 Å². The number of aliphatic hydroxyl groups excluding tert-OH is 1. The average molecular weight is 246 g/mol. The largest absolute Gasteiger partial charge is 0.395 e. The molecule has 0 heterocycles. The van der Waals surface area contributed by atoms with E-state index in [1.165, 1.54) is 6.07 Å². The number of hydrogen-bond acceptors (Lipinski definition) is 2. The molecule has 0 aliphatic carbocycles. The van der Waals surface area contributed by atoms with Crippen molar-refractivity contribution >= 4 is 11.6 Å². The first-order chi connectivity index (χ1) is 7.69. The quantitative estimate of drug-likeness (QED) is 0.833. The van der Waals surface area contributed by atoms with Crippen LogP contribution in [0, 0.1) is 5.82 Å². The molecule has 1 rings (SSSR count). The maximum atomic E-state index is 13.5. The number of benzene rings is 1. The Balaban J connectivity index is 2.76. The first-order valence-corrected chi connectivity index (χ1v) is 5.83. The molecule has 1 aromatic rings. The molecule has 0 amide bonds. The second-order valence-electron chi connectivity index (χ2n) is 3.70. The zero-order valence-electron chi connectivity index (χ0n) is 9.42. The number of rotatable bonds is 6. The van der Waals surface area contributed by atoms with Gasteiger partial charge in [-0.3, -0.25) is 4.90 Å². The molecule has 0 fully saturated rings. The maximum Gasteiger partial charge on any atom is 0.129 e. The molecule has 0 aliphatic heterocycles. The number of halogens is 2. The van der Waals surface area contributed by atoms with E-state index in [1.807, 2.05) is 11.8 Å². The van der Waals surface area contributed by atoms with Crippen LogP contribution >= 0.6 is 11.6 Å². The van der Waals surface area contributed by atoms with Crippen LogP contribution in [0.15, 0.2) is 18.2 Å². The van der Waals surface area contributed by atoms with E-state index >= 15 is 0 Å². The highest BCUT2D eigenvalue weighted by atomic mass is 35.5. The van der Waals surface area contributed by atoms with Crippen LogP contribution in [0.4, 0.5) is 4.39 Å². The van der Waals surface area contributed by atoms with Crippen LogP contribution in [0.2, 0.25) is 5.02 Å². The standard InChI is InChI=1S/C12H17ClFNO/c1-2-6-15(7-8-16)9-10-11(13)4-3-5-12(10)14/h3-5,16H,2,6-9H2,1H3. The first kappa shape index (κ1) is 13.4. The molecule has 2 nitrogen and oxygen atoms in total. The van der Waals surface area contributed by atoms with Crippen molar-refractivity contribution in [3.63, 3.8) is 0 Å². The van der Waals surface area contributed by atoms with Crippen molar-refractivity contribution < 1.29 is 9.50 Å². The van der Waals surface area contributed by atoms with Crippen molar-refractivity contribution in [3.05, 3.63) is 34.6 Å². The third-order valence-electron chi connectivity index (χ3n) is 2.40. The van der Waals surface area contributed by atoms with Gasteiger partial charge in [-0.15, -0.1) is 0 Å². The molecule has 0 saturated heterocycles. The van der Waals surface area contributed by atoms with Crippen molar-refractivity contribution in [2.45, 2.75) is 19.9 Å². The molecular weight excluding hydrogens is 229 g/mol. The fraction of sp³-hybridized carbons (Fsp3) is 0.500. The second kappa shape index (κ2) is 6.84. The smallest absolute Gasteiger partial charge is 0.129 e. The van der Waals surface area contributed by atoms with E-state index < -0.39 is 0 Å². The SMILES string of the molecule is CCCN(CCO)Cc1c(F)cccc1Cl. The van der Waals surface area contributed by atoms with Gasteiger partial charge in [0.15, 0.2) is 0 Å². The molecule has 0 saturated carbocycles. The Morgan fingerprint density at radius 1 is 1.38 bits per heavy atom. The summed E-state index contributed by atoms with van der Waals surface area (Å²) in [5.41, 5.74) is 0.506. The molecule has 0 aromatic heterocycles. The maximum absolute atomic E-state index is 13.5. The molecule has 0 bridgehead atoms. The van der Waals surface area contributed by atoms with Gasteiger partial charge in [0.05, 0.1) is 6.61 Å². The van der Waals surface area contributed by atoms with Gasteiger partial charge in [-0.05, 0) is 25.1 Å². The Hall–Kier alpha value is -0.640. The van der Waals surface area contributed by atoms with Crippen molar-refractivity contribution in [3.8, 4) is 0 Å². The lowest BCUT2D eigenvalue weighted by Crippen LogP contribution is -2.27. The number of hydrogen-bond donors (Lipinski definition) is 1. The fourth-order valence-electron chi connectivity index (χ4n) is 1.63. The molecule has 16 heavy (non-hydrogen) atoms. The lowest BCUT2D eigenvalue weighted by Gasteiger charge is -2.21. The van der Waals surface area contributed by atoms with Crippen LogP contribution in [0.3, 0.4) is 0 Å². The summed E-state index contributed by atoms with van der Waals surface area (Å²) in [6, 6.07) is 4.69. The monoisotopic (exact) mass is 245 g/mol. The van der Waals surface area contributed by atoms with E-state index in [0.717, 1.165) is 13.0 Å². The van der Waals surface area contributed by atoms with Gasteiger partial charge in [-0.25, -0.2) is 4.39 Å². The minimum Gasteiger partial charge on any atom is -0.395 e. The Kier molecular flexibility index (Phi) is 5.74. The van der Waals surface area contributed by atoms with Crippen LogP contribution in [0.25, 0.3) is 0 Å². The van der Waals surface area contributed by atoms with Gasteiger partial charge < -0.3 is 5.11 Å². The molecule has 0 aliphatic rings. The van der Waals surface area contributed by atoms with E-state index in [0.29, 0.717) is 23.7 Å². The van der Waals surface area contributed by atoms with E-state index in [-0.39, 0.29) is 12.4 Å². The van der Waals surface area contributed by atoms with Gasteiger partial charge in [0.25, 0.3) is 0 Å². The van der Waals surface area contributed by atoms with Gasteiger partial charge in [-0.1, -0.05) is 24.6 Å². The lowest BCUT2D eigenvalue weighted by molar-refractivity contribution is 0.189. The predicted octanol–water partition coefficient (Wildman–Crippen LogP) is 2.68. The van der Waals surface area contributed by atoms with Crippen LogP contribution in [0.5, 0.6) is 0 Å². The second-order valence-corrected chi connectivity index (χ2v) is 4.11. The summed E-state index contributed by atoms with van der Waals surface area (Å²) < 4.78 is 13.5. The molecule has 0 spiro atoms. The van der Waals surface area contributed by atoms with Crippen LogP contribution < -0.4 is 0 Å². The minimum absolute atomic E-state index is 0.0755. The van der Waals surface area contributed by atoms with Crippen LogP contribution in [-0.4, -0.2) is 29.7 Å². The van der Waals surface area contributed by atoms with Gasteiger partial charge in [0.2, 0.25) is 0 Å².